The molecule has 1 aromatic carbocycles. The van der Waals surface area contributed by atoms with E-state index in [1.807, 2.05) is 32.0 Å². The Labute approximate surface area is 133 Å². The van der Waals surface area contributed by atoms with Gasteiger partial charge >= 0.3 is 0 Å². The fourth-order valence-corrected chi connectivity index (χ4v) is 3.57. The van der Waals surface area contributed by atoms with Crippen LogP contribution in [0.25, 0.3) is 0 Å². The third kappa shape index (κ3) is 3.14. The molecule has 6 nitrogen and oxygen atoms in total. The van der Waals surface area contributed by atoms with Crippen molar-refractivity contribution in [3.05, 3.63) is 35.7 Å². The fourth-order valence-electron chi connectivity index (χ4n) is 2.53. The maximum atomic E-state index is 12.4. The van der Waals surface area contributed by atoms with Crippen molar-refractivity contribution in [2.45, 2.75) is 43.7 Å². The molecule has 2 aromatic rings. The first-order chi connectivity index (χ1) is 10.6. The number of anilines is 1. The predicted molar refractivity (Wildman–Crippen MR) is 86.7 cm³/mol. The van der Waals surface area contributed by atoms with Gasteiger partial charge < -0.3 is 5.32 Å². The first-order valence-electron chi connectivity index (χ1n) is 7.42. The molecule has 1 atom stereocenters. The Balaban J connectivity index is 1.66. The normalized spacial score (nSPS) is 18.0. The molecule has 116 valence electrons. The molecule has 22 heavy (non-hydrogen) atoms. The lowest BCUT2D eigenvalue weighted by molar-refractivity contribution is -0.115. The number of carbonyl (C=O) groups is 1. The molecular formula is C15H19N5OS. The van der Waals surface area contributed by atoms with Gasteiger partial charge in [-0.2, -0.15) is 0 Å². The number of thioether (sulfide) groups is 1. The van der Waals surface area contributed by atoms with Gasteiger partial charge in [0.2, 0.25) is 5.91 Å². The summed E-state index contributed by atoms with van der Waals surface area (Å²) in [5.74, 6) is 1.52. The van der Waals surface area contributed by atoms with Gasteiger partial charge in [-0.05, 0) is 48.7 Å². The minimum atomic E-state index is -0.0790. The largest absolute Gasteiger partial charge is 0.325 e. The second kappa shape index (κ2) is 6.48. The number of carbonyl (C=O) groups excluding carboxylic acids is 1. The van der Waals surface area contributed by atoms with E-state index in [0.717, 1.165) is 24.4 Å². The first-order valence-corrected chi connectivity index (χ1v) is 8.47. The molecule has 0 saturated carbocycles. The highest BCUT2D eigenvalue weighted by Crippen LogP contribution is 2.28. The second-order valence-corrected chi connectivity index (χ2v) is 6.81. The molecule has 0 aliphatic carbocycles. The summed E-state index contributed by atoms with van der Waals surface area (Å²) in [6.45, 7) is 4.08. The Morgan fingerprint density at radius 3 is 3.05 bits per heavy atom. The molecule has 1 aliphatic rings. The van der Waals surface area contributed by atoms with Crippen molar-refractivity contribution in [3.63, 3.8) is 0 Å². The maximum Gasteiger partial charge on any atom is 0.237 e. The van der Waals surface area contributed by atoms with E-state index in [9.17, 15) is 4.79 Å². The lowest BCUT2D eigenvalue weighted by Gasteiger charge is -2.13. The summed E-state index contributed by atoms with van der Waals surface area (Å²) in [5, 5.41) is 14.7. The van der Waals surface area contributed by atoms with Crippen LogP contribution in [-0.2, 0) is 17.0 Å². The Morgan fingerprint density at radius 2 is 2.23 bits per heavy atom. The Bertz CT molecular complexity index is 669. The highest BCUT2D eigenvalue weighted by Gasteiger charge is 2.24. The first kappa shape index (κ1) is 15.0. The summed E-state index contributed by atoms with van der Waals surface area (Å²) >= 11 is 1.60. The number of aryl methyl sites for hydroxylation is 1. The maximum absolute atomic E-state index is 12.4. The van der Waals surface area contributed by atoms with Crippen LogP contribution in [0.2, 0.25) is 0 Å². The van der Waals surface area contributed by atoms with Gasteiger partial charge in [-0.25, -0.2) is 4.68 Å². The minimum Gasteiger partial charge on any atom is -0.325 e. The van der Waals surface area contributed by atoms with Gasteiger partial charge in [-0.1, -0.05) is 18.2 Å². The molecule has 1 aromatic heterocycles. The van der Waals surface area contributed by atoms with Crippen LogP contribution in [0.3, 0.4) is 0 Å². The number of nitrogens with zero attached hydrogens (tertiary/aromatic N) is 4. The van der Waals surface area contributed by atoms with E-state index in [1.54, 1.807) is 16.4 Å². The number of benzene rings is 1. The van der Waals surface area contributed by atoms with Crippen LogP contribution in [-0.4, -0.2) is 31.4 Å². The van der Waals surface area contributed by atoms with Crippen LogP contribution in [0, 0.1) is 0 Å². The van der Waals surface area contributed by atoms with E-state index in [2.05, 4.69) is 26.9 Å². The summed E-state index contributed by atoms with van der Waals surface area (Å²) in [7, 11) is 0. The monoisotopic (exact) mass is 317 g/mol. The molecule has 1 amide bonds. The molecule has 2 heterocycles. The molecule has 7 heteroatoms. The van der Waals surface area contributed by atoms with Crippen LogP contribution in [0.15, 0.2) is 24.3 Å². The van der Waals surface area contributed by atoms with Crippen molar-refractivity contribution in [3.8, 4) is 0 Å². The van der Waals surface area contributed by atoms with E-state index in [0.29, 0.717) is 5.75 Å². The van der Waals surface area contributed by atoms with Crippen LogP contribution in [0.5, 0.6) is 0 Å². The summed E-state index contributed by atoms with van der Waals surface area (Å²) in [5.41, 5.74) is 2.13. The number of fused-ring (bicyclic) bond motifs is 1. The third-order valence-corrected chi connectivity index (χ3v) is 4.98. The molecule has 3 rings (SSSR count). The summed E-state index contributed by atoms with van der Waals surface area (Å²) in [6.07, 6.45) is 1.73. The van der Waals surface area contributed by atoms with E-state index in [-0.39, 0.29) is 17.2 Å². The number of rotatable bonds is 4. The zero-order valence-corrected chi connectivity index (χ0v) is 13.5. The number of hydrogen-bond donors (Lipinski definition) is 1. The van der Waals surface area contributed by atoms with Crippen molar-refractivity contribution in [1.82, 2.24) is 20.2 Å². The summed E-state index contributed by atoms with van der Waals surface area (Å²) in [4.78, 5) is 12.4. The van der Waals surface area contributed by atoms with Crippen molar-refractivity contribution >= 4 is 23.4 Å². The highest BCUT2D eigenvalue weighted by atomic mass is 32.2. The van der Waals surface area contributed by atoms with Crippen LogP contribution in [0.4, 0.5) is 5.69 Å². The Kier molecular flexibility index (Phi) is 4.42. The quantitative estimate of drug-likeness (QED) is 0.937. The standard InChI is InChI=1S/C15H19N5OS/c1-10(2)20-14(17-18-19-20)9-22-13-8-7-11-5-3-4-6-12(11)16-15(13)21/h3-6,10,13H,7-9H2,1-2H3,(H,16,21). The number of amides is 1. The van der Waals surface area contributed by atoms with Crippen molar-refractivity contribution in [2.75, 3.05) is 5.32 Å². The number of hydrogen-bond acceptors (Lipinski definition) is 5. The number of tetrazole rings is 1. The average Bonchev–Trinajstić information content (AvgIpc) is 2.91. The Morgan fingerprint density at radius 1 is 1.41 bits per heavy atom. The minimum absolute atomic E-state index is 0.0681. The summed E-state index contributed by atoms with van der Waals surface area (Å²) in [6, 6.07) is 8.21. The second-order valence-electron chi connectivity index (χ2n) is 5.62. The van der Waals surface area contributed by atoms with Crippen molar-refractivity contribution < 1.29 is 4.79 Å². The number of para-hydroxylation sites is 1. The molecular weight excluding hydrogens is 298 g/mol. The number of aromatic nitrogens is 4. The SMILES string of the molecule is CC(C)n1nnnc1CSC1CCc2ccccc2NC1=O. The van der Waals surface area contributed by atoms with E-state index in [4.69, 9.17) is 0 Å². The van der Waals surface area contributed by atoms with E-state index in [1.165, 1.54) is 5.56 Å². The van der Waals surface area contributed by atoms with Crippen LogP contribution >= 0.6 is 11.8 Å². The topological polar surface area (TPSA) is 72.7 Å². The van der Waals surface area contributed by atoms with Crippen LogP contribution in [0.1, 0.15) is 37.7 Å². The van der Waals surface area contributed by atoms with Gasteiger partial charge in [0.1, 0.15) is 0 Å². The van der Waals surface area contributed by atoms with E-state index < -0.39 is 0 Å². The Hall–Kier alpha value is -1.89. The van der Waals surface area contributed by atoms with Crippen molar-refractivity contribution in [1.29, 1.82) is 0 Å². The zero-order chi connectivity index (χ0) is 15.5. The van der Waals surface area contributed by atoms with Crippen LogP contribution < -0.4 is 5.32 Å². The highest BCUT2D eigenvalue weighted by molar-refractivity contribution is 7.99. The van der Waals surface area contributed by atoms with Crippen molar-refractivity contribution in [2.24, 2.45) is 0 Å². The predicted octanol–water partition coefficient (Wildman–Crippen LogP) is 2.44. The molecule has 1 aliphatic heterocycles. The van der Waals surface area contributed by atoms with E-state index >= 15 is 0 Å². The van der Waals surface area contributed by atoms with Gasteiger partial charge in [0, 0.05) is 5.69 Å². The number of nitrogens with one attached hydrogen (secondary N) is 1. The van der Waals surface area contributed by atoms with Gasteiger partial charge in [0.15, 0.2) is 5.82 Å². The fraction of sp³-hybridized carbons (Fsp3) is 0.467. The molecule has 0 bridgehead atoms. The van der Waals surface area contributed by atoms with Gasteiger partial charge in [0.25, 0.3) is 0 Å². The third-order valence-electron chi connectivity index (χ3n) is 3.71. The molecule has 0 fully saturated rings. The smallest absolute Gasteiger partial charge is 0.237 e. The lowest BCUT2D eigenvalue weighted by Crippen LogP contribution is -2.24. The molecule has 0 spiro atoms. The molecule has 0 saturated heterocycles. The van der Waals surface area contributed by atoms with Gasteiger partial charge in [-0.15, -0.1) is 16.9 Å². The average molecular weight is 317 g/mol. The van der Waals surface area contributed by atoms with Gasteiger partial charge in [-0.3, -0.25) is 4.79 Å². The summed E-state index contributed by atoms with van der Waals surface area (Å²) < 4.78 is 1.80. The zero-order valence-electron chi connectivity index (χ0n) is 12.7. The van der Waals surface area contributed by atoms with Gasteiger partial charge in [0.05, 0.1) is 17.0 Å². The lowest BCUT2D eigenvalue weighted by atomic mass is 10.1. The molecule has 0 radical (unpaired) electrons. The molecule has 1 N–H and O–H groups in total. The molecule has 1 unspecified atom stereocenters.